The van der Waals surface area contributed by atoms with E-state index < -0.39 is 0 Å². The fraction of sp³-hybridized carbons (Fsp3) is 0.182. The minimum atomic E-state index is -0.0251. The fourth-order valence-corrected chi connectivity index (χ4v) is 4.27. The average Bonchev–Trinajstić information content (AvgIpc) is 3.24. The highest BCUT2D eigenvalue weighted by Crippen LogP contribution is 2.31. The van der Waals surface area contributed by atoms with Gasteiger partial charge in [0.25, 0.3) is 5.91 Å². The van der Waals surface area contributed by atoms with Gasteiger partial charge in [0.15, 0.2) is 0 Å². The largest absolute Gasteiger partial charge is 0.351 e. The van der Waals surface area contributed by atoms with Crippen LogP contribution in [0.15, 0.2) is 60.7 Å². The van der Waals surface area contributed by atoms with Crippen LogP contribution in [0, 0.1) is 13.8 Å². The first kappa shape index (κ1) is 17.5. The maximum atomic E-state index is 12.6. The first-order chi connectivity index (χ1) is 13.1. The molecule has 0 saturated carbocycles. The molecule has 27 heavy (non-hydrogen) atoms. The number of aryl methyl sites for hydroxylation is 2. The quantitative estimate of drug-likeness (QED) is 0.551. The summed E-state index contributed by atoms with van der Waals surface area (Å²) < 4.78 is 1.95. The van der Waals surface area contributed by atoms with Gasteiger partial charge in [-0.25, -0.2) is 4.68 Å². The van der Waals surface area contributed by atoms with E-state index in [2.05, 4.69) is 41.6 Å². The molecule has 5 heteroatoms. The van der Waals surface area contributed by atoms with Gasteiger partial charge in [0.05, 0.1) is 16.3 Å². The second kappa shape index (κ2) is 7.37. The van der Waals surface area contributed by atoms with Crippen LogP contribution >= 0.6 is 11.3 Å². The van der Waals surface area contributed by atoms with Crippen molar-refractivity contribution >= 4 is 27.5 Å². The molecule has 0 fully saturated rings. The number of rotatable bonds is 5. The Bertz CT molecular complexity index is 1100. The maximum absolute atomic E-state index is 12.6. The number of para-hydroxylation sites is 1. The molecule has 2 heterocycles. The summed E-state index contributed by atoms with van der Waals surface area (Å²) in [5.41, 5.74) is 4.37. The third-order valence-electron chi connectivity index (χ3n) is 4.65. The molecule has 0 atom stereocenters. The summed E-state index contributed by atoms with van der Waals surface area (Å²) in [5, 5.41) is 8.75. The topological polar surface area (TPSA) is 46.9 Å². The lowest BCUT2D eigenvalue weighted by atomic mass is 10.1. The number of nitrogens with one attached hydrogen (secondary N) is 1. The highest BCUT2D eigenvalue weighted by atomic mass is 32.1. The van der Waals surface area contributed by atoms with Crippen LogP contribution in [-0.2, 0) is 6.42 Å². The van der Waals surface area contributed by atoms with Crippen LogP contribution in [0.25, 0.3) is 15.9 Å². The number of fused-ring (bicyclic) bond motifs is 1. The molecule has 0 aliphatic carbocycles. The lowest BCUT2D eigenvalue weighted by molar-refractivity contribution is 0.0958. The van der Waals surface area contributed by atoms with Gasteiger partial charge in [0.2, 0.25) is 0 Å². The molecule has 0 spiro atoms. The Morgan fingerprint density at radius 3 is 2.59 bits per heavy atom. The normalized spacial score (nSPS) is 11.0. The van der Waals surface area contributed by atoms with Crippen molar-refractivity contribution in [3.63, 3.8) is 0 Å². The molecule has 0 unspecified atom stereocenters. The summed E-state index contributed by atoms with van der Waals surface area (Å²) in [4.78, 5) is 14.3. The third-order valence-corrected chi connectivity index (χ3v) is 5.76. The number of hydrogen-bond acceptors (Lipinski definition) is 3. The Balaban J connectivity index is 1.56. The minimum absolute atomic E-state index is 0.0251. The zero-order valence-electron chi connectivity index (χ0n) is 15.4. The van der Waals surface area contributed by atoms with Crippen molar-refractivity contribution in [3.05, 3.63) is 82.4 Å². The van der Waals surface area contributed by atoms with Crippen LogP contribution < -0.4 is 5.32 Å². The number of benzene rings is 2. The number of hydrogen-bond donors (Lipinski definition) is 1. The van der Waals surface area contributed by atoms with Gasteiger partial charge in [-0.3, -0.25) is 4.79 Å². The molecule has 4 nitrogen and oxygen atoms in total. The van der Waals surface area contributed by atoms with Crippen molar-refractivity contribution in [1.82, 2.24) is 15.1 Å². The van der Waals surface area contributed by atoms with E-state index in [-0.39, 0.29) is 5.91 Å². The Kier molecular flexibility index (Phi) is 4.77. The van der Waals surface area contributed by atoms with Gasteiger partial charge in [-0.1, -0.05) is 48.5 Å². The van der Waals surface area contributed by atoms with Crippen molar-refractivity contribution in [3.8, 4) is 5.69 Å². The number of amides is 1. The molecule has 4 rings (SSSR count). The molecule has 0 aliphatic rings. The molecule has 1 amide bonds. The van der Waals surface area contributed by atoms with Crippen LogP contribution in [0.1, 0.15) is 26.5 Å². The van der Waals surface area contributed by atoms with Crippen LogP contribution in [0.5, 0.6) is 0 Å². The molecule has 2 aromatic carbocycles. The molecule has 0 bridgehead atoms. The average molecular weight is 375 g/mol. The monoisotopic (exact) mass is 375 g/mol. The molecule has 136 valence electrons. The van der Waals surface area contributed by atoms with E-state index in [1.807, 2.05) is 48.0 Å². The molecule has 4 aromatic rings. The minimum Gasteiger partial charge on any atom is -0.351 e. The van der Waals surface area contributed by atoms with E-state index in [1.54, 1.807) is 0 Å². The highest BCUT2D eigenvalue weighted by Gasteiger charge is 2.17. The molecule has 1 N–H and O–H groups in total. The van der Waals surface area contributed by atoms with Crippen molar-refractivity contribution in [2.45, 2.75) is 20.3 Å². The molecule has 0 radical (unpaired) electrons. The summed E-state index contributed by atoms with van der Waals surface area (Å²) in [7, 11) is 0. The Hall–Kier alpha value is -2.92. The molecule has 0 saturated heterocycles. The predicted octanol–water partition coefficient (Wildman–Crippen LogP) is 4.68. The van der Waals surface area contributed by atoms with Crippen molar-refractivity contribution < 1.29 is 4.79 Å². The van der Waals surface area contributed by atoms with E-state index in [4.69, 9.17) is 0 Å². The second-order valence-corrected chi connectivity index (χ2v) is 7.64. The number of nitrogens with zero attached hydrogens (tertiary/aromatic N) is 2. The molecule has 0 aliphatic heterocycles. The number of carbonyl (C=O) groups excluding carboxylic acids is 1. The van der Waals surface area contributed by atoms with Gasteiger partial charge < -0.3 is 5.32 Å². The lowest BCUT2D eigenvalue weighted by Crippen LogP contribution is -2.24. The van der Waals surface area contributed by atoms with Gasteiger partial charge in [-0.15, -0.1) is 11.3 Å². The lowest BCUT2D eigenvalue weighted by Gasteiger charge is -2.06. The maximum Gasteiger partial charge on any atom is 0.261 e. The van der Waals surface area contributed by atoms with Crippen LogP contribution in [0.2, 0.25) is 0 Å². The summed E-state index contributed by atoms with van der Waals surface area (Å²) in [6.07, 6.45) is 0.827. The highest BCUT2D eigenvalue weighted by molar-refractivity contribution is 7.20. The SMILES string of the molecule is Cc1ccccc1-n1nc(C)c2cc(C(=O)NCCc3ccccc3)sc21. The number of aromatic nitrogens is 2. The van der Waals surface area contributed by atoms with Gasteiger partial charge in [0.1, 0.15) is 4.83 Å². The van der Waals surface area contributed by atoms with E-state index >= 15 is 0 Å². The van der Waals surface area contributed by atoms with Crippen LogP contribution in [0.3, 0.4) is 0 Å². The summed E-state index contributed by atoms with van der Waals surface area (Å²) in [6, 6.07) is 20.3. The third kappa shape index (κ3) is 3.51. The fourth-order valence-electron chi connectivity index (χ4n) is 3.18. The summed E-state index contributed by atoms with van der Waals surface area (Å²) >= 11 is 1.49. The second-order valence-electron chi connectivity index (χ2n) is 6.60. The Morgan fingerprint density at radius 1 is 1.07 bits per heavy atom. The van der Waals surface area contributed by atoms with Crippen molar-refractivity contribution in [1.29, 1.82) is 0 Å². The van der Waals surface area contributed by atoms with Gasteiger partial charge in [-0.05, 0) is 43.5 Å². The smallest absolute Gasteiger partial charge is 0.261 e. The first-order valence-corrected chi connectivity index (χ1v) is 9.82. The molecule has 2 aromatic heterocycles. The van der Waals surface area contributed by atoms with E-state index in [1.165, 1.54) is 16.9 Å². The zero-order valence-corrected chi connectivity index (χ0v) is 16.2. The Labute approximate surface area is 162 Å². The standard InChI is InChI=1S/C22H21N3OS/c1-15-8-6-7-11-19(15)25-22-18(16(2)24-25)14-20(27-22)21(26)23-13-12-17-9-4-3-5-10-17/h3-11,14H,12-13H2,1-2H3,(H,23,26). The number of thiophene rings is 1. The van der Waals surface area contributed by atoms with Gasteiger partial charge in [-0.2, -0.15) is 5.10 Å². The molecular formula is C22H21N3OS. The summed E-state index contributed by atoms with van der Waals surface area (Å²) in [5.74, 6) is -0.0251. The predicted molar refractivity (Wildman–Crippen MR) is 111 cm³/mol. The van der Waals surface area contributed by atoms with Crippen LogP contribution in [-0.4, -0.2) is 22.2 Å². The summed E-state index contributed by atoms with van der Waals surface area (Å²) in [6.45, 7) is 4.68. The zero-order chi connectivity index (χ0) is 18.8. The van der Waals surface area contributed by atoms with Crippen LogP contribution in [0.4, 0.5) is 0 Å². The van der Waals surface area contributed by atoms with E-state index in [9.17, 15) is 4.79 Å². The van der Waals surface area contributed by atoms with E-state index in [0.29, 0.717) is 6.54 Å². The van der Waals surface area contributed by atoms with Crippen molar-refractivity contribution in [2.24, 2.45) is 0 Å². The number of carbonyl (C=O) groups is 1. The van der Waals surface area contributed by atoms with Crippen molar-refractivity contribution in [2.75, 3.05) is 6.54 Å². The first-order valence-electron chi connectivity index (χ1n) is 9.01. The molecular weight excluding hydrogens is 354 g/mol. The Morgan fingerprint density at radius 2 is 1.81 bits per heavy atom. The van der Waals surface area contributed by atoms with Gasteiger partial charge in [0, 0.05) is 11.9 Å². The van der Waals surface area contributed by atoms with E-state index in [0.717, 1.165) is 38.5 Å². The van der Waals surface area contributed by atoms with Gasteiger partial charge >= 0.3 is 0 Å².